The highest BCUT2D eigenvalue weighted by Gasteiger charge is 2.03. The summed E-state index contributed by atoms with van der Waals surface area (Å²) in [6, 6.07) is 9.30. The van der Waals surface area contributed by atoms with Crippen LogP contribution in [0.2, 0.25) is 0 Å². The van der Waals surface area contributed by atoms with Crippen LogP contribution >= 0.6 is 27.3 Å². The quantitative estimate of drug-likeness (QED) is 0.852. The van der Waals surface area contributed by atoms with Crippen molar-refractivity contribution in [2.24, 2.45) is 0 Å². The average molecular weight is 328 g/mol. The zero-order valence-electron chi connectivity index (χ0n) is 10.2. The van der Waals surface area contributed by atoms with Gasteiger partial charge in [-0.3, -0.25) is 0 Å². The van der Waals surface area contributed by atoms with Gasteiger partial charge < -0.3 is 5.32 Å². The predicted molar refractivity (Wildman–Crippen MR) is 78.3 cm³/mol. The molecule has 96 valence electrons. The summed E-state index contributed by atoms with van der Waals surface area (Å²) < 4.78 is 14.4. The molecule has 18 heavy (non-hydrogen) atoms. The third-order valence-electron chi connectivity index (χ3n) is 2.69. The molecule has 0 amide bonds. The number of thiophene rings is 1. The van der Waals surface area contributed by atoms with Crippen LogP contribution in [0.3, 0.4) is 0 Å². The Bertz CT molecular complexity index is 524. The molecule has 0 atom stereocenters. The van der Waals surface area contributed by atoms with Gasteiger partial charge in [-0.1, -0.05) is 22.9 Å². The van der Waals surface area contributed by atoms with Gasteiger partial charge in [-0.25, -0.2) is 4.39 Å². The first kappa shape index (κ1) is 13.7. The molecule has 0 saturated heterocycles. The van der Waals surface area contributed by atoms with Crippen molar-refractivity contribution in [2.45, 2.75) is 26.4 Å². The van der Waals surface area contributed by atoms with Crippen LogP contribution in [-0.2, 0) is 19.5 Å². The number of halogens is 2. The number of benzene rings is 1. The maximum Gasteiger partial charge on any atom is 0.127 e. The van der Waals surface area contributed by atoms with Crippen molar-refractivity contribution in [1.29, 1.82) is 0 Å². The van der Waals surface area contributed by atoms with Gasteiger partial charge in [0.2, 0.25) is 0 Å². The van der Waals surface area contributed by atoms with E-state index >= 15 is 0 Å². The van der Waals surface area contributed by atoms with Crippen molar-refractivity contribution in [3.63, 3.8) is 0 Å². The molecule has 0 aliphatic heterocycles. The van der Waals surface area contributed by atoms with Gasteiger partial charge in [0.15, 0.2) is 0 Å². The van der Waals surface area contributed by atoms with E-state index in [1.807, 2.05) is 17.4 Å². The molecule has 0 radical (unpaired) electrons. The van der Waals surface area contributed by atoms with Crippen LogP contribution in [0.1, 0.15) is 22.2 Å². The Hall–Kier alpha value is -0.710. The van der Waals surface area contributed by atoms with Gasteiger partial charge in [-0.2, -0.15) is 0 Å². The van der Waals surface area contributed by atoms with Crippen molar-refractivity contribution >= 4 is 27.3 Å². The largest absolute Gasteiger partial charge is 0.308 e. The van der Waals surface area contributed by atoms with Crippen molar-refractivity contribution < 1.29 is 4.39 Å². The maximum atomic E-state index is 13.5. The lowest BCUT2D eigenvalue weighted by molar-refractivity contribution is 0.588. The van der Waals surface area contributed by atoms with E-state index in [0.717, 1.165) is 17.4 Å². The van der Waals surface area contributed by atoms with Crippen LogP contribution in [0.5, 0.6) is 0 Å². The molecule has 0 spiro atoms. The minimum atomic E-state index is -0.161. The van der Waals surface area contributed by atoms with E-state index < -0.39 is 0 Å². The first-order valence-corrected chi connectivity index (χ1v) is 7.52. The van der Waals surface area contributed by atoms with Crippen LogP contribution in [-0.4, -0.2) is 0 Å². The predicted octanol–water partition coefficient (Wildman–Crippen LogP) is 4.50. The van der Waals surface area contributed by atoms with Gasteiger partial charge in [0, 0.05) is 32.9 Å². The second-order valence-corrected chi connectivity index (χ2v) is 6.23. The molecule has 1 aromatic carbocycles. The Balaban J connectivity index is 1.90. The second-order valence-electron chi connectivity index (χ2n) is 4.06. The van der Waals surface area contributed by atoms with Crippen LogP contribution in [0.15, 0.2) is 34.8 Å². The molecular weight excluding hydrogens is 313 g/mol. The lowest BCUT2D eigenvalue weighted by atomic mass is 10.2. The Morgan fingerprint density at radius 1 is 1.17 bits per heavy atom. The van der Waals surface area contributed by atoms with E-state index in [-0.39, 0.29) is 5.82 Å². The molecule has 1 nitrogen and oxygen atoms in total. The minimum Gasteiger partial charge on any atom is -0.308 e. The van der Waals surface area contributed by atoms with Crippen LogP contribution in [0.4, 0.5) is 4.39 Å². The third-order valence-corrected chi connectivity index (χ3v) is 4.41. The lowest BCUT2D eigenvalue weighted by Crippen LogP contribution is -2.12. The first-order chi connectivity index (χ1) is 8.69. The molecule has 0 aliphatic rings. The number of hydrogen-bond acceptors (Lipinski definition) is 2. The van der Waals surface area contributed by atoms with Crippen molar-refractivity contribution in [3.8, 4) is 0 Å². The summed E-state index contributed by atoms with van der Waals surface area (Å²) >= 11 is 5.16. The van der Waals surface area contributed by atoms with E-state index in [0.29, 0.717) is 12.1 Å². The van der Waals surface area contributed by atoms with Crippen LogP contribution in [0, 0.1) is 5.82 Å². The topological polar surface area (TPSA) is 12.0 Å². The van der Waals surface area contributed by atoms with Crippen LogP contribution < -0.4 is 5.32 Å². The van der Waals surface area contributed by atoms with E-state index in [1.165, 1.54) is 15.8 Å². The number of hydrogen-bond donors (Lipinski definition) is 1. The zero-order valence-corrected chi connectivity index (χ0v) is 12.6. The lowest BCUT2D eigenvalue weighted by Gasteiger charge is -2.05. The maximum absolute atomic E-state index is 13.5. The molecule has 0 aliphatic carbocycles. The standard InChI is InChI=1S/C14H15BrFNS/c1-2-12-4-5-13(18-12)9-17-8-10-7-11(15)3-6-14(10)16/h3-7,17H,2,8-9H2,1H3. The first-order valence-electron chi connectivity index (χ1n) is 5.91. The van der Waals surface area contributed by atoms with Gasteiger partial charge in [0.05, 0.1) is 0 Å². The van der Waals surface area contributed by atoms with Gasteiger partial charge in [0.25, 0.3) is 0 Å². The number of aryl methyl sites for hydroxylation is 1. The van der Waals surface area contributed by atoms with E-state index in [4.69, 9.17) is 0 Å². The second kappa shape index (κ2) is 6.45. The fraction of sp³-hybridized carbons (Fsp3) is 0.286. The molecule has 4 heteroatoms. The van der Waals surface area contributed by atoms with E-state index in [9.17, 15) is 4.39 Å². The van der Waals surface area contributed by atoms with E-state index in [1.54, 1.807) is 6.07 Å². The molecule has 0 fully saturated rings. The van der Waals surface area contributed by atoms with Gasteiger partial charge in [0.1, 0.15) is 5.82 Å². The highest BCUT2D eigenvalue weighted by atomic mass is 79.9. The van der Waals surface area contributed by atoms with Crippen molar-refractivity contribution in [3.05, 3.63) is 55.9 Å². The normalized spacial score (nSPS) is 10.8. The minimum absolute atomic E-state index is 0.161. The highest BCUT2D eigenvalue weighted by molar-refractivity contribution is 9.10. The number of rotatable bonds is 5. The highest BCUT2D eigenvalue weighted by Crippen LogP contribution is 2.18. The molecule has 1 heterocycles. The number of nitrogens with one attached hydrogen (secondary N) is 1. The summed E-state index contributed by atoms with van der Waals surface area (Å²) in [6.07, 6.45) is 1.07. The molecule has 2 rings (SSSR count). The molecule has 1 aromatic heterocycles. The Morgan fingerprint density at radius 2 is 1.94 bits per heavy atom. The Kier molecular flexibility index (Phi) is 4.92. The monoisotopic (exact) mass is 327 g/mol. The molecular formula is C14H15BrFNS. The Morgan fingerprint density at radius 3 is 2.67 bits per heavy atom. The molecule has 0 unspecified atom stereocenters. The smallest absolute Gasteiger partial charge is 0.127 e. The fourth-order valence-corrected chi connectivity index (χ4v) is 3.04. The summed E-state index contributed by atoms with van der Waals surface area (Å²) in [5.41, 5.74) is 0.691. The summed E-state index contributed by atoms with van der Waals surface area (Å²) in [5, 5.41) is 3.27. The van der Waals surface area contributed by atoms with Gasteiger partial charge in [-0.05, 0) is 36.8 Å². The average Bonchev–Trinajstić information content (AvgIpc) is 2.81. The van der Waals surface area contributed by atoms with Gasteiger partial charge in [-0.15, -0.1) is 11.3 Å². The third kappa shape index (κ3) is 3.64. The van der Waals surface area contributed by atoms with Gasteiger partial charge >= 0.3 is 0 Å². The summed E-state index contributed by atoms with van der Waals surface area (Å²) in [6.45, 7) is 3.49. The molecule has 0 bridgehead atoms. The zero-order chi connectivity index (χ0) is 13.0. The summed E-state index contributed by atoms with van der Waals surface area (Å²) in [5.74, 6) is -0.161. The summed E-state index contributed by atoms with van der Waals surface area (Å²) in [4.78, 5) is 2.68. The molecule has 1 N–H and O–H groups in total. The molecule has 0 saturated carbocycles. The van der Waals surface area contributed by atoms with Crippen LogP contribution in [0.25, 0.3) is 0 Å². The van der Waals surface area contributed by atoms with Crippen molar-refractivity contribution in [1.82, 2.24) is 5.32 Å². The summed E-state index contributed by atoms with van der Waals surface area (Å²) in [7, 11) is 0. The molecule has 2 aromatic rings. The van der Waals surface area contributed by atoms with Crippen molar-refractivity contribution in [2.75, 3.05) is 0 Å². The van der Waals surface area contributed by atoms with E-state index in [2.05, 4.69) is 40.3 Å². The SMILES string of the molecule is CCc1ccc(CNCc2cc(Br)ccc2F)s1. The fourth-order valence-electron chi connectivity index (χ4n) is 1.71. The Labute approximate surface area is 119 Å².